The Balaban J connectivity index is 1.71. The Morgan fingerprint density at radius 3 is 2.10 bits per heavy atom. The van der Waals surface area contributed by atoms with Crippen LogP contribution in [0.15, 0.2) is 0 Å². The number of carbonyl (C=O) groups excluding carboxylic acids is 2. The standard InChI is InChI=1S/C13H21N3O4/c14-11(17)5-9-1-3-15(4-2-9)13(20)16-7-10(8-16)6-12(18)19/h9-10H,1-8H2,(H2,14,17)(H,18,19). The summed E-state index contributed by atoms with van der Waals surface area (Å²) in [5.74, 6) is -0.722. The molecule has 0 unspecified atom stereocenters. The van der Waals surface area contributed by atoms with Crippen molar-refractivity contribution in [1.29, 1.82) is 0 Å². The number of nitrogens with zero attached hydrogens (tertiary/aromatic N) is 2. The van der Waals surface area contributed by atoms with Gasteiger partial charge in [0.2, 0.25) is 5.91 Å². The number of carboxylic acid groups (broad SMARTS) is 1. The van der Waals surface area contributed by atoms with Crippen molar-refractivity contribution in [2.45, 2.75) is 25.7 Å². The maximum Gasteiger partial charge on any atom is 0.320 e. The van der Waals surface area contributed by atoms with E-state index in [2.05, 4.69) is 0 Å². The van der Waals surface area contributed by atoms with E-state index in [4.69, 9.17) is 10.8 Å². The first-order chi connectivity index (χ1) is 9.45. The van der Waals surface area contributed by atoms with Gasteiger partial charge in [-0.05, 0) is 18.8 Å². The average molecular weight is 283 g/mol. The highest BCUT2D eigenvalue weighted by Crippen LogP contribution is 2.24. The van der Waals surface area contributed by atoms with Crippen LogP contribution < -0.4 is 5.73 Å². The molecule has 2 heterocycles. The van der Waals surface area contributed by atoms with Crippen molar-refractivity contribution in [3.63, 3.8) is 0 Å². The minimum atomic E-state index is -0.811. The predicted molar refractivity (Wildman–Crippen MR) is 70.8 cm³/mol. The van der Waals surface area contributed by atoms with Gasteiger partial charge in [0.05, 0.1) is 6.42 Å². The van der Waals surface area contributed by atoms with Crippen LogP contribution in [0, 0.1) is 11.8 Å². The van der Waals surface area contributed by atoms with Gasteiger partial charge in [0.25, 0.3) is 0 Å². The molecule has 0 spiro atoms. The summed E-state index contributed by atoms with van der Waals surface area (Å²) in [6, 6.07) is -0.0100. The molecule has 0 aromatic rings. The lowest BCUT2D eigenvalue weighted by Gasteiger charge is -2.43. The molecular formula is C13H21N3O4. The number of piperidine rings is 1. The number of primary amides is 1. The topological polar surface area (TPSA) is 104 Å². The SMILES string of the molecule is NC(=O)CC1CCN(C(=O)N2CC(CC(=O)O)C2)CC1. The number of carboxylic acids is 1. The van der Waals surface area contributed by atoms with Gasteiger partial charge in [0.15, 0.2) is 0 Å². The third-order valence-electron chi connectivity index (χ3n) is 4.07. The van der Waals surface area contributed by atoms with Crippen LogP contribution in [-0.2, 0) is 9.59 Å². The number of amides is 3. The second-order valence-electron chi connectivity index (χ2n) is 5.75. The quantitative estimate of drug-likeness (QED) is 0.763. The van der Waals surface area contributed by atoms with Crippen molar-refractivity contribution in [1.82, 2.24) is 9.80 Å². The van der Waals surface area contributed by atoms with Crippen LogP contribution in [0.4, 0.5) is 4.79 Å². The van der Waals surface area contributed by atoms with Crippen LogP contribution >= 0.6 is 0 Å². The molecule has 0 aromatic carbocycles. The maximum absolute atomic E-state index is 12.2. The smallest absolute Gasteiger partial charge is 0.320 e. The van der Waals surface area contributed by atoms with Crippen molar-refractivity contribution in [3.8, 4) is 0 Å². The fourth-order valence-corrected chi connectivity index (χ4v) is 2.91. The number of rotatable bonds is 4. The summed E-state index contributed by atoms with van der Waals surface area (Å²) >= 11 is 0. The molecule has 2 fully saturated rings. The predicted octanol–water partition coefficient (Wildman–Crippen LogP) is 0.100. The summed E-state index contributed by atoms with van der Waals surface area (Å²) in [4.78, 5) is 37.0. The number of likely N-dealkylation sites (tertiary alicyclic amines) is 2. The lowest BCUT2D eigenvalue weighted by atomic mass is 9.93. The minimum Gasteiger partial charge on any atom is -0.481 e. The lowest BCUT2D eigenvalue weighted by Crippen LogP contribution is -2.56. The highest BCUT2D eigenvalue weighted by Gasteiger charge is 2.35. The van der Waals surface area contributed by atoms with Gasteiger partial charge in [0.1, 0.15) is 0 Å². The van der Waals surface area contributed by atoms with Crippen molar-refractivity contribution in [2.75, 3.05) is 26.2 Å². The third-order valence-corrected chi connectivity index (χ3v) is 4.07. The first kappa shape index (κ1) is 14.6. The number of urea groups is 1. The molecule has 7 nitrogen and oxygen atoms in total. The zero-order valence-electron chi connectivity index (χ0n) is 11.5. The zero-order chi connectivity index (χ0) is 14.7. The van der Waals surface area contributed by atoms with E-state index >= 15 is 0 Å². The third kappa shape index (κ3) is 3.61. The van der Waals surface area contributed by atoms with Crippen LogP contribution in [-0.4, -0.2) is 59.0 Å². The Labute approximate surface area is 117 Å². The maximum atomic E-state index is 12.2. The molecule has 0 atom stereocenters. The van der Waals surface area contributed by atoms with E-state index in [-0.39, 0.29) is 30.2 Å². The van der Waals surface area contributed by atoms with E-state index in [9.17, 15) is 14.4 Å². The van der Waals surface area contributed by atoms with Crippen molar-refractivity contribution in [3.05, 3.63) is 0 Å². The molecule has 20 heavy (non-hydrogen) atoms. The number of nitrogens with two attached hydrogens (primary N) is 1. The Bertz CT molecular complexity index is 398. The molecule has 2 rings (SSSR count). The van der Waals surface area contributed by atoms with Gasteiger partial charge in [-0.2, -0.15) is 0 Å². The molecular weight excluding hydrogens is 262 g/mol. The van der Waals surface area contributed by atoms with Crippen molar-refractivity contribution < 1.29 is 19.5 Å². The Morgan fingerprint density at radius 2 is 1.60 bits per heavy atom. The Morgan fingerprint density at radius 1 is 1.00 bits per heavy atom. The second kappa shape index (κ2) is 6.11. The summed E-state index contributed by atoms with van der Waals surface area (Å²) < 4.78 is 0. The summed E-state index contributed by atoms with van der Waals surface area (Å²) in [5, 5.41) is 8.67. The van der Waals surface area contributed by atoms with Gasteiger partial charge in [-0.15, -0.1) is 0 Å². The van der Waals surface area contributed by atoms with E-state index in [0.717, 1.165) is 12.8 Å². The van der Waals surface area contributed by atoms with Gasteiger partial charge in [0, 0.05) is 38.5 Å². The van der Waals surface area contributed by atoms with Gasteiger partial charge < -0.3 is 20.6 Å². The molecule has 0 radical (unpaired) electrons. The zero-order valence-corrected chi connectivity index (χ0v) is 11.5. The summed E-state index contributed by atoms with van der Waals surface area (Å²) in [7, 11) is 0. The highest BCUT2D eigenvalue weighted by atomic mass is 16.4. The first-order valence-electron chi connectivity index (χ1n) is 6.99. The fraction of sp³-hybridized carbons (Fsp3) is 0.769. The number of aliphatic carboxylic acids is 1. The number of hydrogen-bond acceptors (Lipinski definition) is 3. The molecule has 2 saturated heterocycles. The lowest BCUT2D eigenvalue weighted by molar-refractivity contribution is -0.139. The first-order valence-corrected chi connectivity index (χ1v) is 6.99. The molecule has 0 saturated carbocycles. The molecule has 0 aliphatic carbocycles. The van der Waals surface area contributed by atoms with E-state index in [1.165, 1.54) is 0 Å². The summed E-state index contributed by atoms with van der Waals surface area (Å²) in [6.45, 7) is 2.37. The van der Waals surface area contributed by atoms with E-state index in [0.29, 0.717) is 32.6 Å². The van der Waals surface area contributed by atoms with Crippen LogP contribution in [0.5, 0.6) is 0 Å². The summed E-state index contributed by atoms with van der Waals surface area (Å²) in [5.41, 5.74) is 5.18. The second-order valence-corrected chi connectivity index (χ2v) is 5.75. The van der Waals surface area contributed by atoms with Crippen LogP contribution in [0.3, 0.4) is 0 Å². The van der Waals surface area contributed by atoms with Gasteiger partial charge >= 0.3 is 12.0 Å². The van der Waals surface area contributed by atoms with E-state index in [1.807, 2.05) is 0 Å². The van der Waals surface area contributed by atoms with E-state index in [1.54, 1.807) is 9.80 Å². The van der Waals surface area contributed by atoms with Crippen LogP contribution in [0.25, 0.3) is 0 Å². The van der Waals surface area contributed by atoms with Crippen molar-refractivity contribution >= 4 is 17.9 Å². The molecule has 3 amide bonds. The molecule has 7 heteroatoms. The Hall–Kier alpha value is -1.79. The molecule has 0 bridgehead atoms. The van der Waals surface area contributed by atoms with Gasteiger partial charge in [-0.1, -0.05) is 0 Å². The Kier molecular flexibility index (Phi) is 4.46. The monoisotopic (exact) mass is 283 g/mol. The van der Waals surface area contributed by atoms with Crippen LogP contribution in [0.1, 0.15) is 25.7 Å². The van der Waals surface area contributed by atoms with E-state index < -0.39 is 5.97 Å². The van der Waals surface area contributed by atoms with Gasteiger partial charge in [-0.25, -0.2) is 4.79 Å². The van der Waals surface area contributed by atoms with Crippen molar-refractivity contribution in [2.24, 2.45) is 17.6 Å². The highest BCUT2D eigenvalue weighted by molar-refractivity contribution is 5.76. The molecule has 3 N–H and O–H groups in total. The largest absolute Gasteiger partial charge is 0.481 e. The fourth-order valence-electron chi connectivity index (χ4n) is 2.91. The van der Waals surface area contributed by atoms with Crippen LogP contribution in [0.2, 0.25) is 0 Å². The average Bonchev–Trinajstić information content (AvgIpc) is 2.32. The van der Waals surface area contributed by atoms with Gasteiger partial charge in [-0.3, -0.25) is 9.59 Å². The molecule has 0 aromatic heterocycles. The number of hydrogen-bond donors (Lipinski definition) is 2. The molecule has 112 valence electrons. The normalized spacial score (nSPS) is 20.6. The minimum absolute atomic E-state index is 0.0100. The summed E-state index contributed by atoms with van der Waals surface area (Å²) in [6.07, 6.45) is 2.14. The molecule has 2 aliphatic rings. The molecule has 2 aliphatic heterocycles. The number of carbonyl (C=O) groups is 3.